The molecule has 6 nitrogen and oxygen atoms in total. The summed E-state index contributed by atoms with van der Waals surface area (Å²) in [5.41, 5.74) is 1.25. The second-order valence-electron chi connectivity index (χ2n) is 5.62. The summed E-state index contributed by atoms with van der Waals surface area (Å²) >= 11 is 1.27. The number of rotatable bonds is 6. The summed E-state index contributed by atoms with van der Waals surface area (Å²) in [7, 11) is 0. The number of thioether (sulfide) groups is 1. The van der Waals surface area contributed by atoms with Gasteiger partial charge in [-0.15, -0.1) is 10.2 Å². The standard InChI is InChI=1S/C16H20N4O2S/c1-12-18-19-16(22-12)23-11-15(21)17-9-13-7-8-20(10-13)14-5-3-2-4-6-14/h2-6,13H,7-11H2,1H3,(H,17,21)/t13-/m1/s1. The minimum absolute atomic E-state index is 0.00372. The highest BCUT2D eigenvalue weighted by Gasteiger charge is 2.23. The van der Waals surface area contributed by atoms with Crippen LogP contribution in [0.25, 0.3) is 0 Å². The van der Waals surface area contributed by atoms with Gasteiger partial charge in [-0.05, 0) is 24.5 Å². The quantitative estimate of drug-likeness (QED) is 0.817. The Hall–Kier alpha value is -2.02. The Morgan fingerprint density at radius 3 is 2.96 bits per heavy atom. The number of hydrogen-bond donors (Lipinski definition) is 1. The van der Waals surface area contributed by atoms with Crippen LogP contribution in [-0.2, 0) is 4.79 Å². The number of nitrogens with zero attached hydrogens (tertiary/aromatic N) is 3. The monoisotopic (exact) mass is 332 g/mol. The number of aromatic nitrogens is 2. The van der Waals surface area contributed by atoms with E-state index < -0.39 is 0 Å². The minimum atomic E-state index is 0.00372. The molecule has 1 aromatic carbocycles. The largest absolute Gasteiger partial charge is 0.416 e. The van der Waals surface area contributed by atoms with Gasteiger partial charge < -0.3 is 14.6 Å². The van der Waals surface area contributed by atoms with E-state index in [-0.39, 0.29) is 5.91 Å². The van der Waals surface area contributed by atoms with Crippen LogP contribution in [0.15, 0.2) is 40.0 Å². The fraction of sp³-hybridized carbons (Fsp3) is 0.438. The van der Waals surface area contributed by atoms with Gasteiger partial charge in [0, 0.05) is 32.2 Å². The third-order valence-corrected chi connectivity index (χ3v) is 4.65. The van der Waals surface area contributed by atoms with E-state index in [1.54, 1.807) is 6.92 Å². The highest BCUT2D eigenvalue weighted by molar-refractivity contribution is 7.99. The Kier molecular flexibility index (Phi) is 5.17. The third kappa shape index (κ3) is 4.48. The molecule has 1 aliphatic rings. The van der Waals surface area contributed by atoms with E-state index in [1.165, 1.54) is 17.4 Å². The zero-order chi connectivity index (χ0) is 16.1. The molecule has 2 heterocycles. The lowest BCUT2D eigenvalue weighted by Gasteiger charge is -2.18. The number of aryl methyl sites for hydroxylation is 1. The van der Waals surface area contributed by atoms with E-state index in [1.807, 2.05) is 6.07 Å². The molecule has 0 unspecified atom stereocenters. The van der Waals surface area contributed by atoms with E-state index >= 15 is 0 Å². The maximum atomic E-state index is 11.9. The second-order valence-corrected chi connectivity index (χ2v) is 6.54. The number of nitrogens with one attached hydrogen (secondary N) is 1. The Bertz CT molecular complexity index is 647. The molecule has 1 aliphatic heterocycles. The summed E-state index contributed by atoms with van der Waals surface area (Å²) in [5, 5.41) is 11.0. The topological polar surface area (TPSA) is 71.3 Å². The number of benzene rings is 1. The molecule has 1 N–H and O–H groups in total. The van der Waals surface area contributed by atoms with E-state index in [2.05, 4.69) is 44.7 Å². The zero-order valence-electron chi connectivity index (χ0n) is 13.1. The molecule has 0 bridgehead atoms. The van der Waals surface area contributed by atoms with E-state index in [9.17, 15) is 4.79 Å². The maximum Gasteiger partial charge on any atom is 0.277 e. The van der Waals surface area contributed by atoms with Crippen LogP contribution >= 0.6 is 11.8 Å². The van der Waals surface area contributed by atoms with Crippen molar-refractivity contribution >= 4 is 23.4 Å². The van der Waals surface area contributed by atoms with Crippen molar-refractivity contribution in [3.8, 4) is 0 Å². The van der Waals surface area contributed by atoms with Crippen molar-refractivity contribution in [3.05, 3.63) is 36.2 Å². The molecule has 1 saturated heterocycles. The molecule has 23 heavy (non-hydrogen) atoms. The first kappa shape index (κ1) is 15.9. The average molecular weight is 332 g/mol. The van der Waals surface area contributed by atoms with Crippen LogP contribution in [0.3, 0.4) is 0 Å². The third-order valence-electron chi connectivity index (χ3n) is 3.83. The van der Waals surface area contributed by atoms with Crippen LogP contribution < -0.4 is 10.2 Å². The van der Waals surface area contributed by atoms with Gasteiger partial charge in [0.1, 0.15) is 0 Å². The van der Waals surface area contributed by atoms with Gasteiger partial charge in [0.2, 0.25) is 11.8 Å². The van der Waals surface area contributed by atoms with Crippen LogP contribution in [0.4, 0.5) is 5.69 Å². The van der Waals surface area contributed by atoms with Crippen molar-refractivity contribution in [2.45, 2.75) is 18.6 Å². The van der Waals surface area contributed by atoms with Gasteiger partial charge in [-0.1, -0.05) is 30.0 Å². The Morgan fingerprint density at radius 1 is 1.39 bits per heavy atom. The lowest BCUT2D eigenvalue weighted by Crippen LogP contribution is -2.32. The lowest BCUT2D eigenvalue weighted by molar-refractivity contribution is -0.118. The Balaban J connectivity index is 1.38. The molecule has 2 aromatic rings. The Morgan fingerprint density at radius 2 is 2.22 bits per heavy atom. The highest BCUT2D eigenvalue weighted by atomic mass is 32.2. The van der Waals surface area contributed by atoms with Gasteiger partial charge in [-0.2, -0.15) is 0 Å². The van der Waals surface area contributed by atoms with Crippen molar-refractivity contribution in [3.63, 3.8) is 0 Å². The van der Waals surface area contributed by atoms with Crippen molar-refractivity contribution < 1.29 is 9.21 Å². The predicted molar refractivity (Wildman–Crippen MR) is 89.5 cm³/mol. The van der Waals surface area contributed by atoms with Crippen LogP contribution in [0.1, 0.15) is 12.3 Å². The molecular weight excluding hydrogens is 312 g/mol. The number of carbonyl (C=O) groups is 1. The molecule has 0 spiro atoms. The van der Waals surface area contributed by atoms with Crippen molar-refractivity contribution in [1.29, 1.82) is 0 Å². The van der Waals surface area contributed by atoms with Crippen LogP contribution in [0.5, 0.6) is 0 Å². The fourth-order valence-electron chi connectivity index (χ4n) is 2.65. The predicted octanol–water partition coefficient (Wildman–Crippen LogP) is 2.11. The van der Waals surface area contributed by atoms with Crippen molar-refractivity contribution in [2.24, 2.45) is 5.92 Å². The van der Waals surface area contributed by atoms with Crippen LogP contribution in [-0.4, -0.2) is 41.5 Å². The molecule has 1 fully saturated rings. The summed E-state index contributed by atoms with van der Waals surface area (Å²) in [6.07, 6.45) is 1.10. The highest BCUT2D eigenvalue weighted by Crippen LogP contribution is 2.23. The van der Waals surface area contributed by atoms with E-state index in [0.29, 0.717) is 29.3 Å². The normalized spacial score (nSPS) is 17.4. The number of para-hydroxylation sites is 1. The summed E-state index contributed by atoms with van der Waals surface area (Å²) in [5.74, 6) is 1.32. The molecule has 0 radical (unpaired) electrons. The lowest BCUT2D eigenvalue weighted by atomic mass is 10.1. The molecule has 1 aromatic heterocycles. The Labute approximate surface area is 139 Å². The number of hydrogen-bond acceptors (Lipinski definition) is 6. The fourth-order valence-corrected chi connectivity index (χ4v) is 3.28. The first-order valence-corrected chi connectivity index (χ1v) is 8.69. The first-order chi connectivity index (χ1) is 11.2. The van der Waals surface area contributed by atoms with Gasteiger partial charge in [0.15, 0.2) is 0 Å². The molecule has 7 heteroatoms. The van der Waals surface area contributed by atoms with Gasteiger partial charge in [-0.3, -0.25) is 4.79 Å². The summed E-state index contributed by atoms with van der Waals surface area (Å²) in [4.78, 5) is 14.3. The average Bonchev–Trinajstić information content (AvgIpc) is 3.21. The second kappa shape index (κ2) is 7.50. The van der Waals surface area contributed by atoms with Gasteiger partial charge >= 0.3 is 0 Å². The van der Waals surface area contributed by atoms with Crippen molar-refractivity contribution in [2.75, 3.05) is 30.3 Å². The minimum Gasteiger partial charge on any atom is -0.416 e. The number of amides is 1. The van der Waals surface area contributed by atoms with Crippen LogP contribution in [0.2, 0.25) is 0 Å². The summed E-state index contributed by atoms with van der Waals surface area (Å²) < 4.78 is 5.23. The van der Waals surface area contributed by atoms with Gasteiger partial charge in [-0.25, -0.2) is 0 Å². The van der Waals surface area contributed by atoms with Crippen LogP contribution in [0, 0.1) is 12.8 Å². The molecule has 3 rings (SSSR count). The summed E-state index contributed by atoms with van der Waals surface area (Å²) in [6, 6.07) is 10.4. The first-order valence-electron chi connectivity index (χ1n) is 7.70. The maximum absolute atomic E-state index is 11.9. The molecule has 0 aliphatic carbocycles. The van der Waals surface area contributed by atoms with E-state index in [0.717, 1.165) is 19.5 Å². The van der Waals surface area contributed by atoms with Gasteiger partial charge in [0.25, 0.3) is 5.22 Å². The molecule has 122 valence electrons. The molecule has 0 saturated carbocycles. The smallest absolute Gasteiger partial charge is 0.277 e. The summed E-state index contributed by atoms with van der Waals surface area (Å²) in [6.45, 7) is 4.47. The molecule has 1 atom stereocenters. The van der Waals surface area contributed by atoms with E-state index in [4.69, 9.17) is 4.42 Å². The SMILES string of the molecule is Cc1nnc(SCC(=O)NC[C@H]2CCN(c3ccccc3)C2)o1. The molecule has 1 amide bonds. The zero-order valence-corrected chi connectivity index (χ0v) is 13.9. The number of anilines is 1. The molecular formula is C16H20N4O2S. The van der Waals surface area contributed by atoms with Crippen molar-refractivity contribution in [1.82, 2.24) is 15.5 Å². The number of carbonyl (C=O) groups excluding carboxylic acids is 1. The van der Waals surface area contributed by atoms with Gasteiger partial charge in [0.05, 0.1) is 5.75 Å².